The Balaban J connectivity index is 2.59. The van der Waals surface area contributed by atoms with Gasteiger partial charge in [0.2, 0.25) is 0 Å². The van der Waals surface area contributed by atoms with Crippen LogP contribution >= 0.6 is 23.5 Å². The Hall–Kier alpha value is -0.410. The standard InChI is InChI=1S/C10H12OS2/c1-2-12-8-13-10-6-4-3-5-9(10)7-11/h3-7H,2,8H2,1H3. The van der Waals surface area contributed by atoms with Gasteiger partial charge in [-0.25, -0.2) is 0 Å². The van der Waals surface area contributed by atoms with Crippen LogP contribution in [0.5, 0.6) is 0 Å². The summed E-state index contributed by atoms with van der Waals surface area (Å²) in [6, 6.07) is 7.70. The molecule has 0 heterocycles. The van der Waals surface area contributed by atoms with Crippen LogP contribution in [0.2, 0.25) is 0 Å². The zero-order chi connectivity index (χ0) is 9.52. The van der Waals surface area contributed by atoms with Crippen molar-refractivity contribution < 1.29 is 4.79 Å². The second kappa shape index (κ2) is 6.11. The Bertz CT molecular complexity index is 273. The highest BCUT2D eigenvalue weighted by Crippen LogP contribution is 2.24. The van der Waals surface area contributed by atoms with Crippen LogP contribution in [0, 0.1) is 0 Å². The Morgan fingerprint density at radius 2 is 2.15 bits per heavy atom. The molecule has 1 nitrogen and oxygen atoms in total. The van der Waals surface area contributed by atoms with Gasteiger partial charge in [-0.05, 0) is 11.8 Å². The SMILES string of the molecule is CCSCSc1ccccc1C=O. The Labute approximate surface area is 87.3 Å². The van der Waals surface area contributed by atoms with Crippen LogP contribution in [0.3, 0.4) is 0 Å². The lowest BCUT2D eigenvalue weighted by Gasteiger charge is -2.02. The van der Waals surface area contributed by atoms with E-state index in [2.05, 4.69) is 6.92 Å². The molecule has 1 rings (SSSR count). The van der Waals surface area contributed by atoms with Crippen LogP contribution in [0.25, 0.3) is 0 Å². The lowest BCUT2D eigenvalue weighted by Crippen LogP contribution is -1.84. The van der Waals surface area contributed by atoms with Crippen LogP contribution in [0.1, 0.15) is 17.3 Å². The van der Waals surface area contributed by atoms with Gasteiger partial charge < -0.3 is 0 Å². The summed E-state index contributed by atoms with van der Waals surface area (Å²) in [5.41, 5.74) is 0.796. The largest absolute Gasteiger partial charge is 0.298 e. The average Bonchev–Trinajstić information content (AvgIpc) is 2.19. The van der Waals surface area contributed by atoms with E-state index in [0.717, 1.165) is 27.6 Å². The minimum absolute atomic E-state index is 0.796. The van der Waals surface area contributed by atoms with E-state index < -0.39 is 0 Å². The van der Waals surface area contributed by atoms with Crippen molar-refractivity contribution in [3.8, 4) is 0 Å². The Morgan fingerprint density at radius 3 is 2.85 bits per heavy atom. The molecule has 0 saturated carbocycles. The summed E-state index contributed by atoms with van der Waals surface area (Å²) in [5.74, 6) is 1.12. The van der Waals surface area contributed by atoms with Crippen LogP contribution < -0.4 is 0 Å². The van der Waals surface area contributed by atoms with E-state index in [0.29, 0.717) is 0 Å². The Morgan fingerprint density at radius 1 is 1.38 bits per heavy atom. The maximum Gasteiger partial charge on any atom is 0.151 e. The third-order valence-corrected chi connectivity index (χ3v) is 3.78. The zero-order valence-corrected chi connectivity index (χ0v) is 9.16. The summed E-state index contributed by atoms with van der Waals surface area (Å²) in [6.45, 7) is 2.14. The van der Waals surface area contributed by atoms with Gasteiger partial charge in [0.25, 0.3) is 0 Å². The summed E-state index contributed by atoms with van der Waals surface area (Å²) in [4.78, 5) is 11.7. The lowest BCUT2D eigenvalue weighted by atomic mass is 10.2. The van der Waals surface area contributed by atoms with Gasteiger partial charge in [0.15, 0.2) is 6.29 Å². The summed E-state index contributed by atoms with van der Waals surface area (Å²) >= 11 is 3.60. The van der Waals surface area contributed by atoms with Crippen molar-refractivity contribution in [3.05, 3.63) is 29.8 Å². The third kappa shape index (κ3) is 3.44. The molecule has 3 heteroatoms. The molecular weight excluding hydrogens is 200 g/mol. The molecule has 0 radical (unpaired) electrons. The summed E-state index contributed by atoms with van der Waals surface area (Å²) < 4.78 is 0. The normalized spacial score (nSPS) is 9.92. The van der Waals surface area contributed by atoms with Crippen LogP contribution in [0.15, 0.2) is 29.2 Å². The number of thioether (sulfide) groups is 2. The van der Waals surface area contributed by atoms with E-state index in [1.54, 1.807) is 11.8 Å². The first-order chi connectivity index (χ1) is 6.38. The van der Waals surface area contributed by atoms with Crippen molar-refractivity contribution in [2.75, 3.05) is 10.8 Å². The smallest absolute Gasteiger partial charge is 0.151 e. The van der Waals surface area contributed by atoms with E-state index >= 15 is 0 Å². The van der Waals surface area contributed by atoms with E-state index in [-0.39, 0.29) is 0 Å². The highest BCUT2D eigenvalue weighted by molar-refractivity contribution is 8.16. The molecule has 1 aromatic rings. The molecular formula is C10H12OS2. The van der Waals surface area contributed by atoms with E-state index in [1.807, 2.05) is 36.0 Å². The van der Waals surface area contributed by atoms with Gasteiger partial charge in [-0.3, -0.25) is 4.79 Å². The molecule has 0 saturated heterocycles. The van der Waals surface area contributed by atoms with Crippen molar-refractivity contribution >= 4 is 29.8 Å². The van der Waals surface area contributed by atoms with E-state index in [4.69, 9.17) is 0 Å². The van der Waals surface area contributed by atoms with Crippen LogP contribution in [-0.4, -0.2) is 17.1 Å². The number of carbonyl (C=O) groups excluding carboxylic acids is 1. The molecule has 0 spiro atoms. The summed E-state index contributed by atoms with van der Waals surface area (Å²) in [5, 5.41) is 1.02. The number of hydrogen-bond donors (Lipinski definition) is 0. The molecule has 0 aliphatic heterocycles. The molecule has 0 aliphatic carbocycles. The topological polar surface area (TPSA) is 17.1 Å². The van der Waals surface area contributed by atoms with Crippen molar-refractivity contribution in [3.63, 3.8) is 0 Å². The van der Waals surface area contributed by atoms with Gasteiger partial charge in [0.1, 0.15) is 0 Å². The van der Waals surface area contributed by atoms with E-state index in [9.17, 15) is 4.79 Å². The first-order valence-electron chi connectivity index (χ1n) is 4.13. The zero-order valence-electron chi connectivity index (χ0n) is 7.53. The number of hydrogen-bond acceptors (Lipinski definition) is 3. The number of rotatable bonds is 5. The third-order valence-electron chi connectivity index (χ3n) is 1.55. The molecule has 0 aromatic heterocycles. The molecule has 0 atom stereocenters. The fraction of sp³-hybridized carbons (Fsp3) is 0.300. The molecule has 0 unspecified atom stereocenters. The molecule has 0 bridgehead atoms. The quantitative estimate of drug-likeness (QED) is 0.323. The van der Waals surface area contributed by atoms with Gasteiger partial charge in [-0.2, -0.15) is 11.8 Å². The highest BCUT2D eigenvalue weighted by atomic mass is 32.2. The molecule has 70 valence electrons. The molecule has 13 heavy (non-hydrogen) atoms. The minimum Gasteiger partial charge on any atom is -0.298 e. The van der Waals surface area contributed by atoms with Gasteiger partial charge in [-0.1, -0.05) is 25.1 Å². The van der Waals surface area contributed by atoms with E-state index in [1.165, 1.54) is 0 Å². The summed E-state index contributed by atoms with van der Waals surface area (Å²) in [7, 11) is 0. The second-order valence-corrected chi connectivity index (χ2v) is 5.07. The molecule has 1 aromatic carbocycles. The van der Waals surface area contributed by atoms with Crippen molar-refractivity contribution in [1.29, 1.82) is 0 Å². The van der Waals surface area contributed by atoms with Gasteiger partial charge >= 0.3 is 0 Å². The number of carbonyl (C=O) groups is 1. The van der Waals surface area contributed by atoms with Crippen molar-refractivity contribution in [2.24, 2.45) is 0 Å². The lowest BCUT2D eigenvalue weighted by molar-refractivity contribution is 0.112. The average molecular weight is 212 g/mol. The molecule has 0 fully saturated rings. The fourth-order valence-corrected chi connectivity index (χ4v) is 2.86. The first-order valence-corrected chi connectivity index (χ1v) is 6.27. The monoisotopic (exact) mass is 212 g/mol. The van der Waals surface area contributed by atoms with Gasteiger partial charge in [0.05, 0.1) is 0 Å². The van der Waals surface area contributed by atoms with Crippen molar-refractivity contribution in [2.45, 2.75) is 11.8 Å². The maximum atomic E-state index is 10.6. The van der Waals surface area contributed by atoms with Gasteiger partial charge in [0, 0.05) is 15.5 Å². The molecule has 0 amide bonds. The highest BCUT2D eigenvalue weighted by Gasteiger charge is 1.99. The number of aldehydes is 1. The molecule has 0 N–H and O–H groups in total. The second-order valence-electron chi connectivity index (χ2n) is 2.41. The minimum atomic E-state index is 0.796. The predicted molar refractivity (Wildman–Crippen MR) is 60.7 cm³/mol. The summed E-state index contributed by atoms with van der Waals surface area (Å²) in [6.07, 6.45) is 0.916. The van der Waals surface area contributed by atoms with Crippen LogP contribution in [-0.2, 0) is 0 Å². The predicted octanol–water partition coefficient (Wildman–Crippen LogP) is 3.30. The fourth-order valence-electron chi connectivity index (χ4n) is 0.898. The first kappa shape index (κ1) is 10.7. The Kier molecular flexibility index (Phi) is 5.01. The van der Waals surface area contributed by atoms with Gasteiger partial charge in [-0.15, -0.1) is 11.8 Å². The van der Waals surface area contributed by atoms with Crippen molar-refractivity contribution in [1.82, 2.24) is 0 Å². The number of benzene rings is 1. The van der Waals surface area contributed by atoms with Crippen LogP contribution in [0.4, 0.5) is 0 Å². The molecule has 0 aliphatic rings. The maximum absolute atomic E-state index is 10.6.